The molecule has 26 heavy (non-hydrogen) atoms. The van der Waals surface area contributed by atoms with Crippen molar-refractivity contribution in [2.24, 2.45) is 0 Å². The van der Waals surface area contributed by atoms with Crippen LogP contribution in [0, 0.1) is 10.1 Å². The minimum Gasteiger partial charge on any atom is -0.385 e. The molecule has 0 aromatic heterocycles. The summed E-state index contributed by atoms with van der Waals surface area (Å²) in [5, 5.41) is 13.6. The lowest BCUT2D eigenvalue weighted by atomic mass is 9.95. The van der Waals surface area contributed by atoms with Gasteiger partial charge in [0.1, 0.15) is 0 Å². The first-order valence-electron chi connectivity index (χ1n) is 8.24. The standard InChI is InChI=1S/C17H20N4O5/c1-19-13-10-20(8-3-9-26-2)16(22)14(13)15(18-17(19)23)11-4-6-12(7-5-11)21(24)25/h4-7,15H,3,8-10H2,1-2H3,(H,18,23). The van der Waals surface area contributed by atoms with Crippen LogP contribution in [-0.2, 0) is 9.53 Å². The Bertz CT molecular complexity index is 774. The number of hydrogen-bond acceptors (Lipinski definition) is 5. The number of benzene rings is 1. The van der Waals surface area contributed by atoms with Gasteiger partial charge in [0.25, 0.3) is 11.6 Å². The van der Waals surface area contributed by atoms with Crippen LogP contribution in [-0.4, -0.2) is 60.5 Å². The van der Waals surface area contributed by atoms with Crippen molar-refractivity contribution in [1.82, 2.24) is 15.1 Å². The van der Waals surface area contributed by atoms with Gasteiger partial charge in [0, 0.05) is 39.4 Å². The predicted molar refractivity (Wildman–Crippen MR) is 92.2 cm³/mol. The Kier molecular flexibility index (Phi) is 4.90. The second-order valence-corrected chi connectivity index (χ2v) is 6.22. The summed E-state index contributed by atoms with van der Waals surface area (Å²) < 4.78 is 5.03. The number of ether oxygens (including phenoxy) is 1. The lowest BCUT2D eigenvalue weighted by Crippen LogP contribution is -2.45. The molecule has 0 saturated heterocycles. The van der Waals surface area contributed by atoms with E-state index in [9.17, 15) is 19.7 Å². The molecule has 1 aromatic rings. The molecule has 2 aliphatic rings. The van der Waals surface area contributed by atoms with E-state index in [1.807, 2.05) is 0 Å². The molecular weight excluding hydrogens is 340 g/mol. The Hall–Kier alpha value is -2.94. The molecule has 3 rings (SSSR count). The quantitative estimate of drug-likeness (QED) is 0.469. The summed E-state index contributed by atoms with van der Waals surface area (Å²) in [5.41, 5.74) is 1.77. The number of likely N-dealkylation sites (N-methyl/N-ethyl adjacent to an activating group) is 1. The smallest absolute Gasteiger partial charge is 0.322 e. The second kappa shape index (κ2) is 7.12. The Labute approximate surface area is 150 Å². The van der Waals surface area contributed by atoms with E-state index in [0.717, 1.165) is 0 Å². The van der Waals surface area contributed by atoms with Gasteiger partial charge >= 0.3 is 6.03 Å². The van der Waals surface area contributed by atoms with Crippen LogP contribution in [0.3, 0.4) is 0 Å². The molecule has 1 atom stereocenters. The molecule has 0 spiro atoms. The van der Waals surface area contributed by atoms with Crippen molar-refractivity contribution in [3.63, 3.8) is 0 Å². The fraction of sp³-hybridized carbons (Fsp3) is 0.412. The zero-order valence-electron chi connectivity index (χ0n) is 14.6. The van der Waals surface area contributed by atoms with Crippen molar-refractivity contribution in [3.05, 3.63) is 51.2 Å². The number of rotatable bonds is 6. The largest absolute Gasteiger partial charge is 0.385 e. The number of hydrogen-bond donors (Lipinski definition) is 1. The van der Waals surface area contributed by atoms with Gasteiger partial charge in [0.2, 0.25) is 0 Å². The molecule has 2 aliphatic heterocycles. The summed E-state index contributed by atoms with van der Waals surface area (Å²) in [6.07, 6.45) is 0.704. The van der Waals surface area contributed by atoms with E-state index in [4.69, 9.17) is 4.74 Å². The predicted octanol–water partition coefficient (Wildman–Crippen LogP) is 1.42. The second-order valence-electron chi connectivity index (χ2n) is 6.22. The van der Waals surface area contributed by atoms with Gasteiger partial charge in [-0.05, 0) is 24.1 Å². The van der Waals surface area contributed by atoms with Crippen molar-refractivity contribution in [2.75, 3.05) is 33.9 Å². The average molecular weight is 360 g/mol. The number of urea groups is 1. The molecule has 0 bridgehead atoms. The van der Waals surface area contributed by atoms with Crippen LogP contribution >= 0.6 is 0 Å². The maximum absolute atomic E-state index is 12.9. The highest BCUT2D eigenvalue weighted by atomic mass is 16.6. The first-order chi connectivity index (χ1) is 12.4. The number of carbonyl (C=O) groups excluding carboxylic acids is 2. The van der Waals surface area contributed by atoms with Gasteiger partial charge in [0.15, 0.2) is 0 Å². The molecule has 2 heterocycles. The number of nitrogens with one attached hydrogen (secondary N) is 1. The summed E-state index contributed by atoms with van der Waals surface area (Å²) in [6.45, 7) is 1.45. The third-order valence-electron chi connectivity index (χ3n) is 4.65. The van der Waals surface area contributed by atoms with Crippen molar-refractivity contribution >= 4 is 17.6 Å². The summed E-state index contributed by atoms with van der Waals surface area (Å²) in [6, 6.07) is 4.96. The molecule has 9 nitrogen and oxygen atoms in total. The van der Waals surface area contributed by atoms with Gasteiger partial charge in [-0.3, -0.25) is 19.8 Å². The first-order valence-corrected chi connectivity index (χ1v) is 8.24. The Morgan fingerprint density at radius 1 is 1.31 bits per heavy atom. The molecule has 0 saturated carbocycles. The molecule has 0 aliphatic carbocycles. The number of nitro benzene ring substituents is 1. The van der Waals surface area contributed by atoms with Crippen molar-refractivity contribution in [2.45, 2.75) is 12.5 Å². The third-order valence-corrected chi connectivity index (χ3v) is 4.65. The lowest BCUT2D eigenvalue weighted by molar-refractivity contribution is -0.384. The van der Waals surface area contributed by atoms with E-state index in [0.29, 0.717) is 43.0 Å². The van der Waals surface area contributed by atoms with Crippen LogP contribution in [0.5, 0.6) is 0 Å². The van der Waals surface area contributed by atoms with E-state index in [1.54, 1.807) is 31.2 Å². The van der Waals surface area contributed by atoms with Crippen LogP contribution in [0.15, 0.2) is 35.5 Å². The lowest BCUT2D eigenvalue weighted by Gasteiger charge is -2.31. The number of amides is 3. The summed E-state index contributed by atoms with van der Waals surface area (Å²) in [7, 11) is 3.23. The van der Waals surface area contributed by atoms with E-state index >= 15 is 0 Å². The van der Waals surface area contributed by atoms with Crippen molar-refractivity contribution in [3.8, 4) is 0 Å². The van der Waals surface area contributed by atoms with Crippen LogP contribution in [0.1, 0.15) is 18.0 Å². The van der Waals surface area contributed by atoms with Crippen LogP contribution in [0.2, 0.25) is 0 Å². The topological polar surface area (TPSA) is 105 Å². The van der Waals surface area contributed by atoms with Crippen LogP contribution < -0.4 is 5.32 Å². The Morgan fingerprint density at radius 3 is 2.62 bits per heavy atom. The van der Waals surface area contributed by atoms with Gasteiger partial charge in [-0.25, -0.2) is 4.79 Å². The SMILES string of the molecule is COCCCN1CC2=C(C1=O)C(c1ccc([N+](=O)[O-])cc1)NC(=O)N2C. The van der Waals surface area contributed by atoms with Crippen LogP contribution in [0.4, 0.5) is 10.5 Å². The van der Waals surface area contributed by atoms with Gasteiger partial charge < -0.3 is 15.0 Å². The monoisotopic (exact) mass is 360 g/mol. The zero-order chi connectivity index (χ0) is 18.8. The maximum Gasteiger partial charge on any atom is 0.322 e. The fourth-order valence-electron chi connectivity index (χ4n) is 3.24. The molecule has 0 fully saturated rings. The average Bonchev–Trinajstić information content (AvgIpc) is 2.96. The summed E-state index contributed by atoms with van der Waals surface area (Å²) in [5.74, 6) is -0.133. The Morgan fingerprint density at radius 2 is 2.00 bits per heavy atom. The number of carbonyl (C=O) groups is 2. The number of nitro groups is 1. The van der Waals surface area contributed by atoms with Gasteiger partial charge in [-0.2, -0.15) is 0 Å². The van der Waals surface area contributed by atoms with Gasteiger partial charge in [-0.1, -0.05) is 0 Å². The number of nitrogens with zero attached hydrogens (tertiary/aromatic N) is 3. The van der Waals surface area contributed by atoms with E-state index in [-0.39, 0.29) is 17.6 Å². The Balaban J connectivity index is 1.89. The highest BCUT2D eigenvalue weighted by molar-refractivity contribution is 6.01. The normalized spacial score (nSPS) is 19.7. The maximum atomic E-state index is 12.9. The summed E-state index contributed by atoms with van der Waals surface area (Å²) in [4.78, 5) is 38.7. The molecule has 1 N–H and O–H groups in total. The number of non-ortho nitro benzene ring substituents is 1. The minimum atomic E-state index is -0.616. The van der Waals surface area contributed by atoms with E-state index in [1.165, 1.54) is 17.0 Å². The van der Waals surface area contributed by atoms with Crippen molar-refractivity contribution < 1.29 is 19.2 Å². The van der Waals surface area contributed by atoms with Gasteiger partial charge in [-0.15, -0.1) is 0 Å². The van der Waals surface area contributed by atoms with E-state index < -0.39 is 11.0 Å². The molecule has 1 aromatic carbocycles. The minimum absolute atomic E-state index is 0.0406. The highest BCUT2D eigenvalue weighted by Gasteiger charge is 2.42. The highest BCUT2D eigenvalue weighted by Crippen LogP contribution is 2.36. The van der Waals surface area contributed by atoms with Gasteiger partial charge in [0.05, 0.1) is 28.8 Å². The third kappa shape index (κ3) is 3.13. The fourth-order valence-corrected chi connectivity index (χ4v) is 3.24. The van der Waals surface area contributed by atoms with Crippen LogP contribution in [0.25, 0.3) is 0 Å². The summed E-state index contributed by atoms with van der Waals surface area (Å²) >= 11 is 0. The molecule has 9 heteroatoms. The molecule has 138 valence electrons. The first kappa shape index (κ1) is 17.9. The van der Waals surface area contributed by atoms with Crippen molar-refractivity contribution in [1.29, 1.82) is 0 Å². The molecule has 1 unspecified atom stereocenters. The molecule has 0 radical (unpaired) electrons. The molecule has 3 amide bonds. The molecular formula is C17H20N4O5. The zero-order valence-corrected chi connectivity index (χ0v) is 14.6. The van der Waals surface area contributed by atoms with E-state index in [2.05, 4.69) is 5.32 Å². The number of methoxy groups -OCH3 is 1.